The first-order valence-corrected chi connectivity index (χ1v) is 8.05. The van der Waals surface area contributed by atoms with Crippen molar-refractivity contribution in [2.24, 2.45) is 0 Å². The summed E-state index contributed by atoms with van der Waals surface area (Å²) < 4.78 is 11.0. The maximum Gasteiger partial charge on any atom is 0.217 e. The third-order valence-electron chi connectivity index (χ3n) is 4.46. The number of hydrogen-bond acceptors (Lipinski definition) is 10. The predicted octanol–water partition coefficient (Wildman–Crippen LogP) is -5.00. The number of hydrogen-bond donors (Lipinski definition) is 8. The van der Waals surface area contributed by atoms with Gasteiger partial charge in [-0.25, -0.2) is 0 Å². The molecule has 0 aromatic carbocycles. The number of piperidine rings is 1. The van der Waals surface area contributed by atoms with E-state index in [9.17, 15) is 35.4 Å². The summed E-state index contributed by atoms with van der Waals surface area (Å²) in [6.45, 7) is 0.238. The van der Waals surface area contributed by atoms with Crippen molar-refractivity contribution in [3.05, 3.63) is 0 Å². The van der Waals surface area contributed by atoms with Crippen molar-refractivity contribution in [1.29, 1.82) is 0 Å². The zero-order valence-electron chi connectivity index (χ0n) is 13.7. The molecule has 0 aliphatic carbocycles. The highest BCUT2D eigenvalue weighted by atomic mass is 16.7. The van der Waals surface area contributed by atoms with Crippen molar-refractivity contribution in [2.75, 3.05) is 19.8 Å². The molecule has 0 bridgehead atoms. The van der Waals surface area contributed by atoms with E-state index >= 15 is 0 Å². The summed E-state index contributed by atoms with van der Waals surface area (Å²) in [5.74, 6) is -0.517. The summed E-state index contributed by atoms with van der Waals surface area (Å²) in [7, 11) is 0. The highest BCUT2D eigenvalue weighted by Crippen LogP contribution is 2.26. The molecule has 0 spiro atoms. The van der Waals surface area contributed by atoms with Crippen LogP contribution in [0, 0.1) is 0 Å². The van der Waals surface area contributed by atoms with Gasteiger partial charge in [0.15, 0.2) is 6.29 Å². The maximum atomic E-state index is 11.4. The van der Waals surface area contributed by atoms with Crippen LogP contribution in [0.5, 0.6) is 0 Å². The lowest BCUT2D eigenvalue weighted by atomic mass is 9.94. The number of rotatable bonds is 5. The highest BCUT2D eigenvalue weighted by Gasteiger charge is 2.48. The van der Waals surface area contributed by atoms with Gasteiger partial charge in [-0.05, 0) is 0 Å². The fourth-order valence-electron chi connectivity index (χ4n) is 3.05. The van der Waals surface area contributed by atoms with Crippen LogP contribution in [-0.4, -0.2) is 111 Å². The van der Waals surface area contributed by atoms with Gasteiger partial charge in [0, 0.05) is 13.5 Å². The first kappa shape index (κ1) is 20.4. The van der Waals surface area contributed by atoms with Crippen LogP contribution in [0.2, 0.25) is 0 Å². The van der Waals surface area contributed by atoms with Gasteiger partial charge in [0.2, 0.25) is 5.91 Å². The Morgan fingerprint density at radius 1 is 1.16 bits per heavy atom. The molecule has 0 saturated carbocycles. The number of carbonyl (C=O) groups excluding carboxylic acids is 1. The Balaban J connectivity index is 2.20. The van der Waals surface area contributed by atoms with Gasteiger partial charge in [0.1, 0.15) is 36.6 Å². The molecule has 11 heteroatoms. The second-order valence-corrected chi connectivity index (χ2v) is 6.29. The molecule has 9 atom stereocenters. The van der Waals surface area contributed by atoms with Crippen LogP contribution >= 0.6 is 0 Å². The molecule has 25 heavy (non-hydrogen) atoms. The van der Waals surface area contributed by atoms with Crippen molar-refractivity contribution in [1.82, 2.24) is 10.6 Å². The molecule has 2 fully saturated rings. The molecule has 8 N–H and O–H groups in total. The van der Waals surface area contributed by atoms with Gasteiger partial charge in [-0.1, -0.05) is 0 Å². The molecular weight excluding hydrogens is 340 g/mol. The van der Waals surface area contributed by atoms with Crippen molar-refractivity contribution in [3.63, 3.8) is 0 Å². The van der Waals surface area contributed by atoms with Gasteiger partial charge in [0.25, 0.3) is 0 Å². The number of nitrogens with one attached hydrogen (secondary N) is 2. The minimum absolute atomic E-state index is 0.0491. The number of aliphatic hydroxyl groups excluding tert-OH is 6. The maximum absolute atomic E-state index is 11.4. The Morgan fingerprint density at radius 2 is 1.84 bits per heavy atom. The molecular formula is C14H26N2O9. The molecule has 146 valence electrons. The third kappa shape index (κ3) is 4.45. The predicted molar refractivity (Wildman–Crippen MR) is 81.1 cm³/mol. The topological polar surface area (TPSA) is 181 Å². The van der Waals surface area contributed by atoms with Gasteiger partial charge < -0.3 is 50.7 Å². The van der Waals surface area contributed by atoms with Crippen LogP contribution in [0.25, 0.3) is 0 Å². The van der Waals surface area contributed by atoms with E-state index in [-0.39, 0.29) is 6.54 Å². The van der Waals surface area contributed by atoms with Crippen LogP contribution in [0.4, 0.5) is 0 Å². The molecule has 2 aliphatic heterocycles. The molecule has 0 unspecified atom stereocenters. The quantitative estimate of drug-likeness (QED) is 0.235. The standard InChI is InChI=1S/C14H26N2O9/c1-5(19)16-9-12(23)11(22)8(4-18)24-14(9)25-13-6(3-17)15-2-7(20)10(13)21/h6-15,17-18,20-23H,2-4H2,1H3,(H,16,19)/t6-,7+,8-,9+,10-,11-,12-,13-,14+/m1/s1. The lowest BCUT2D eigenvalue weighted by Gasteiger charge is -2.46. The minimum atomic E-state index is -1.49. The van der Waals surface area contributed by atoms with Gasteiger partial charge in [-0.2, -0.15) is 0 Å². The molecule has 2 aliphatic rings. The summed E-state index contributed by atoms with van der Waals surface area (Å²) in [6, 6.07) is -1.91. The van der Waals surface area contributed by atoms with Crippen LogP contribution in [-0.2, 0) is 14.3 Å². The summed E-state index contributed by atoms with van der Waals surface area (Å²) in [6.07, 6.45) is -9.08. The van der Waals surface area contributed by atoms with E-state index in [1.54, 1.807) is 0 Å². The van der Waals surface area contributed by atoms with E-state index in [2.05, 4.69) is 10.6 Å². The van der Waals surface area contributed by atoms with Crippen LogP contribution in [0.15, 0.2) is 0 Å². The largest absolute Gasteiger partial charge is 0.395 e. The lowest BCUT2D eigenvalue weighted by molar-refractivity contribution is -0.298. The normalized spacial score (nSPS) is 45.2. The minimum Gasteiger partial charge on any atom is -0.395 e. The molecule has 2 heterocycles. The van der Waals surface area contributed by atoms with Crippen molar-refractivity contribution < 1.29 is 44.9 Å². The van der Waals surface area contributed by atoms with Crippen LogP contribution < -0.4 is 10.6 Å². The molecule has 1 amide bonds. The van der Waals surface area contributed by atoms with E-state index in [0.717, 1.165) is 0 Å². The van der Waals surface area contributed by atoms with E-state index in [1.165, 1.54) is 6.92 Å². The van der Waals surface area contributed by atoms with E-state index < -0.39 is 74.1 Å². The fraction of sp³-hybridized carbons (Fsp3) is 0.929. The fourth-order valence-corrected chi connectivity index (χ4v) is 3.05. The average molecular weight is 366 g/mol. The van der Waals surface area contributed by atoms with E-state index in [1.807, 2.05) is 0 Å². The van der Waals surface area contributed by atoms with Crippen molar-refractivity contribution in [2.45, 2.75) is 61.9 Å². The first-order valence-electron chi connectivity index (χ1n) is 8.05. The van der Waals surface area contributed by atoms with Gasteiger partial charge in [0.05, 0.1) is 25.4 Å². The Hall–Kier alpha value is -0.890. The Morgan fingerprint density at radius 3 is 2.40 bits per heavy atom. The monoisotopic (exact) mass is 366 g/mol. The van der Waals surface area contributed by atoms with Gasteiger partial charge in [-0.15, -0.1) is 0 Å². The van der Waals surface area contributed by atoms with Crippen molar-refractivity contribution >= 4 is 5.91 Å². The molecule has 2 rings (SSSR count). The van der Waals surface area contributed by atoms with Gasteiger partial charge in [-0.3, -0.25) is 4.79 Å². The summed E-state index contributed by atoms with van der Waals surface area (Å²) in [5, 5.41) is 64.0. The lowest BCUT2D eigenvalue weighted by Crippen LogP contribution is -2.68. The second kappa shape index (κ2) is 8.66. The number of amides is 1. The SMILES string of the molecule is CC(=O)N[C@@H]1[C@H](O[C@H]2[C@H](O)[C@@H](O)CN[C@@H]2CO)O[C@H](CO)[C@@H](O)[C@@H]1O. The molecule has 11 nitrogen and oxygen atoms in total. The number of aliphatic hydroxyl groups is 6. The molecule has 0 aromatic rings. The average Bonchev–Trinajstić information content (AvgIpc) is 2.58. The second-order valence-electron chi connectivity index (χ2n) is 6.29. The third-order valence-corrected chi connectivity index (χ3v) is 4.46. The smallest absolute Gasteiger partial charge is 0.217 e. The van der Waals surface area contributed by atoms with E-state index in [4.69, 9.17) is 9.47 Å². The first-order chi connectivity index (χ1) is 11.8. The molecule has 2 saturated heterocycles. The Labute approximate surface area is 144 Å². The zero-order valence-corrected chi connectivity index (χ0v) is 13.7. The van der Waals surface area contributed by atoms with Crippen LogP contribution in [0.3, 0.4) is 0 Å². The van der Waals surface area contributed by atoms with Crippen molar-refractivity contribution in [3.8, 4) is 0 Å². The Kier molecular flexibility index (Phi) is 7.08. The zero-order chi connectivity index (χ0) is 18.7. The molecule has 0 aromatic heterocycles. The number of β-amino-alcohol motifs (C(OH)–C–C–N with tert-alkyl or cyclic N) is 1. The highest BCUT2D eigenvalue weighted by molar-refractivity contribution is 5.73. The van der Waals surface area contributed by atoms with Gasteiger partial charge >= 0.3 is 0 Å². The summed E-state index contributed by atoms with van der Waals surface area (Å²) in [5.41, 5.74) is 0. The summed E-state index contributed by atoms with van der Waals surface area (Å²) in [4.78, 5) is 11.4. The summed E-state index contributed by atoms with van der Waals surface area (Å²) >= 11 is 0. The van der Waals surface area contributed by atoms with E-state index in [0.29, 0.717) is 0 Å². The number of carbonyl (C=O) groups is 1. The van der Waals surface area contributed by atoms with Crippen LogP contribution in [0.1, 0.15) is 6.92 Å². The Bertz CT molecular complexity index is 452. The molecule has 0 radical (unpaired) electrons. The number of ether oxygens (including phenoxy) is 2.